The number of nitrogens with one attached hydrogen (secondary N) is 1. The number of halogens is 1. The first-order valence-corrected chi connectivity index (χ1v) is 11.4. The summed E-state index contributed by atoms with van der Waals surface area (Å²) < 4.78 is 24.4. The standard InChI is InChI=1S/C28H25FN2O5/c1-18-26(30-28(34)35-15-14-22-4-2-3-5-24(22)29)27(36-31-18)23-12-10-20(11-13-23)16-19-6-8-21(9-7-19)17-25(32)33/h2-13H,14-17H2,1H3,(H,30,34)(H,32,33). The molecule has 1 heterocycles. The van der Waals surface area contributed by atoms with Crippen LogP contribution in [0.2, 0.25) is 0 Å². The van der Waals surface area contributed by atoms with Crippen molar-refractivity contribution in [3.8, 4) is 11.3 Å². The molecule has 0 aliphatic carbocycles. The van der Waals surface area contributed by atoms with Crippen LogP contribution in [0.5, 0.6) is 0 Å². The van der Waals surface area contributed by atoms with Crippen LogP contribution in [0.1, 0.15) is 27.9 Å². The second-order valence-corrected chi connectivity index (χ2v) is 8.34. The van der Waals surface area contributed by atoms with Crippen LogP contribution >= 0.6 is 0 Å². The van der Waals surface area contributed by atoms with Crippen LogP contribution in [0.4, 0.5) is 14.9 Å². The summed E-state index contributed by atoms with van der Waals surface area (Å²) in [7, 11) is 0. The molecule has 0 saturated heterocycles. The Morgan fingerprint density at radius 1 is 0.972 bits per heavy atom. The molecule has 8 heteroatoms. The molecule has 0 unspecified atom stereocenters. The zero-order valence-electron chi connectivity index (χ0n) is 19.7. The van der Waals surface area contributed by atoms with E-state index < -0.39 is 12.1 Å². The second kappa shape index (κ2) is 11.3. The number of aliphatic carboxylic acids is 1. The van der Waals surface area contributed by atoms with Crippen molar-refractivity contribution in [1.82, 2.24) is 5.16 Å². The predicted molar refractivity (Wildman–Crippen MR) is 132 cm³/mol. The first-order valence-electron chi connectivity index (χ1n) is 11.4. The number of carboxylic acids is 1. The molecule has 0 radical (unpaired) electrons. The molecule has 36 heavy (non-hydrogen) atoms. The summed E-state index contributed by atoms with van der Waals surface area (Å²) in [4.78, 5) is 23.2. The van der Waals surface area contributed by atoms with Crippen LogP contribution < -0.4 is 5.32 Å². The fourth-order valence-corrected chi connectivity index (χ4v) is 3.77. The van der Waals surface area contributed by atoms with Crippen molar-refractivity contribution in [1.29, 1.82) is 0 Å². The van der Waals surface area contributed by atoms with Gasteiger partial charge in [-0.25, -0.2) is 9.18 Å². The fraction of sp³-hybridized carbons (Fsp3) is 0.179. The van der Waals surface area contributed by atoms with Gasteiger partial charge in [0.15, 0.2) is 5.76 Å². The van der Waals surface area contributed by atoms with Gasteiger partial charge in [0.1, 0.15) is 17.2 Å². The zero-order chi connectivity index (χ0) is 25.5. The van der Waals surface area contributed by atoms with Crippen molar-refractivity contribution in [2.75, 3.05) is 11.9 Å². The number of carbonyl (C=O) groups is 2. The van der Waals surface area contributed by atoms with Crippen LogP contribution in [0, 0.1) is 12.7 Å². The van der Waals surface area contributed by atoms with E-state index in [1.165, 1.54) is 6.07 Å². The van der Waals surface area contributed by atoms with E-state index in [-0.39, 0.29) is 25.3 Å². The van der Waals surface area contributed by atoms with E-state index in [0.29, 0.717) is 29.1 Å². The van der Waals surface area contributed by atoms with Crippen LogP contribution in [0.25, 0.3) is 11.3 Å². The van der Waals surface area contributed by atoms with Crippen molar-refractivity contribution in [2.24, 2.45) is 0 Å². The van der Waals surface area contributed by atoms with Gasteiger partial charge in [0.05, 0.1) is 13.0 Å². The van der Waals surface area contributed by atoms with Crippen molar-refractivity contribution in [3.05, 3.63) is 107 Å². The van der Waals surface area contributed by atoms with Crippen LogP contribution in [-0.4, -0.2) is 28.9 Å². The molecule has 4 aromatic rings. The minimum atomic E-state index is -0.856. The second-order valence-electron chi connectivity index (χ2n) is 8.34. The maximum atomic E-state index is 13.7. The Hall–Kier alpha value is -4.46. The number of ether oxygens (including phenoxy) is 1. The Kier molecular flexibility index (Phi) is 7.75. The molecule has 0 aliphatic heterocycles. The van der Waals surface area contributed by atoms with Crippen LogP contribution in [0.15, 0.2) is 77.3 Å². The Bertz CT molecular complexity index is 1350. The molecule has 184 valence electrons. The summed E-state index contributed by atoms with van der Waals surface area (Å²) in [5.74, 6) is -0.786. The van der Waals surface area contributed by atoms with Gasteiger partial charge in [-0.1, -0.05) is 71.9 Å². The number of hydrogen-bond acceptors (Lipinski definition) is 5. The summed E-state index contributed by atoms with van der Waals surface area (Å²) in [6.07, 6.45) is 0.268. The number of carboxylic acid groups (broad SMARTS) is 1. The maximum Gasteiger partial charge on any atom is 0.411 e. The first kappa shape index (κ1) is 24.7. The molecule has 0 atom stereocenters. The molecular weight excluding hydrogens is 463 g/mol. The highest BCUT2D eigenvalue weighted by atomic mass is 19.1. The Morgan fingerprint density at radius 2 is 1.61 bits per heavy atom. The van der Waals surface area contributed by atoms with Crippen molar-refractivity contribution in [2.45, 2.75) is 26.2 Å². The number of aryl methyl sites for hydroxylation is 1. The number of carbonyl (C=O) groups excluding carboxylic acids is 1. The highest BCUT2D eigenvalue weighted by Gasteiger charge is 2.18. The smallest absolute Gasteiger partial charge is 0.411 e. The average molecular weight is 489 g/mol. The van der Waals surface area contributed by atoms with Crippen LogP contribution in [-0.2, 0) is 28.8 Å². The minimum absolute atomic E-state index is 0.00106. The number of benzene rings is 3. The Morgan fingerprint density at radius 3 is 2.28 bits per heavy atom. The van der Waals surface area contributed by atoms with Crippen LogP contribution in [0.3, 0.4) is 0 Å². The van der Waals surface area contributed by atoms with Gasteiger partial charge in [0.25, 0.3) is 0 Å². The molecule has 0 saturated carbocycles. The number of aromatic nitrogens is 1. The predicted octanol–water partition coefficient (Wildman–Crippen LogP) is 5.80. The Labute approximate surface area is 207 Å². The third kappa shape index (κ3) is 6.35. The molecule has 1 aromatic heterocycles. The number of hydrogen-bond donors (Lipinski definition) is 2. The van der Waals surface area contributed by atoms with Crippen molar-refractivity contribution >= 4 is 17.7 Å². The van der Waals surface area contributed by atoms with E-state index >= 15 is 0 Å². The maximum absolute atomic E-state index is 13.7. The quantitative estimate of drug-likeness (QED) is 0.309. The van der Waals surface area contributed by atoms with Gasteiger partial charge >= 0.3 is 12.1 Å². The average Bonchev–Trinajstić information content (AvgIpc) is 3.21. The summed E-state index contributed by atoms with van der Waals surface area (Å²) in [5.41, 5.74) is 5.00. The van der Waals surface area contributed by atoms with Gasteiger partial charge in [-0.15, -0.1) is 0 Å². The van der Waals surface area contributed by atoms with Gasteiger partial charge in [-0.05, 0) is 41.7 Å². The van der Waals surface area contributed by atoms with Gasteiger partial charge in [0.2, 0.25) is 0 Å². The number of rotatable bonds is 9. The van der Waals surface area contributed by atoms with E-state index in [1.807, 2.05) is 48.5 Å². The summed E-state index contributed by atoms with van der Waals surface area (Å²) in [5, 5.41) is 15.5. The van der Waals surface area contributed by atoms with E-state index in [4.69, 9.17) is 14.4 Å². The molecule has 4 rings (SSSR count). The molecule has 1 amide bonds. The highest BCUT2D eigenvalue weighted by Crippen LogP contribution is 2.31. The Balaban J connectivity index is 1.37. The largest absolute Gasteiger partial charge is 0.481 e. The third-order valence-electron chi connectivity index (χ3n) is 5.65. The molecule has 0 bridgehead atoms. The summed E-state index contributed by atoms with van der Waals surface area (Å²) in [6.45, 7) is 1.74. The van der Waals surface area contributed by atoms with Gasteiger partial charge < -0.3 is 14.4 Å². The fourth-order valence-electron chi connectivity index (χ4n) is 3.77. The van der Waals surface area contributed by atoms with Gasteiger partial charge in [-0.2, -0.15) is 0 Å². The third-order valence-corrected chi connectivity index (χ3v) is 5.65. The molecule has 0 aliphatic rings. The molecule has 7 nitrogen and oxygen atoms in total. The van der Waals surface area contributed by atoms with E-state index in [9.17, 15) is 14.0 Å². The lowest BCUT2D eigenvalue weighted by atomic mass is 10.0. The minimum Gasteiger partial charge on any atom is -0.481 e. The number of anilines is 1. The molecule has 0 fully saturated rings. The first-order chi connectivity index (χ1) is 17.4. The lowest BCUT2D eigenvalue weighted by molar-refractivity contribution is -0.136. The summed E-state index contributed by atoms with van der Waals surface area (Å²) >= 11 is 0. The number of amides is 1. The lowest BCUT2D eigenvalue weighted by Gasteiger charge is -2.09. The van der Waals surface area contributed by atoms with E-state index in [2.05, 4.69) is 10.5 Å². The topological polar surface area (TPSA) is 102 Å². The van der Waals surface area contributed by atoms with E-state index in [1.54, 1.807) is 25.1 Å². The normalized spacial score (nSPS) is 10.7. The highest BCUT2D eigenvalue weighted by molar-refractivity contribution is 5.90. The molecule has 0 spiro atoms. The summed E-state index contributed by atoms with van der Waals surface area (Å²) in [6, 6.07) is 21.5. The zero-order valence-corrected chi connectivity index (χ0v) is 19.7. The molecule has 2 N–H and O–H groups in total. The van der Waals surface area contributed by atoms with Crippen molar-refractivity contribution < 1.29 is 28.3 Å². The van der Waals surface area contributed by atoms with Gasteiger partial charge in [-0.3, -0.25) is 10.1 Å². The van der Waals surface area contributed by atoms with Crippen molar-refractivity contribution in [3.63, 3.8) is 0 Å². The monoisotopic (exact) mass is 488 g/mol. The molecule has 3 aromatic carbocycles. The van der Waals surface area contributed by atoms with Gasteiger partial charge in [0, 0.05) is 12.0 Å². The lowest BCUT2D eigenvalue weighted by Crippen LogP contribution is -2.16. The molecular formula is C28H25FN2O5. The SMILES string of the molecule is Cc1noc(-c2ccc(Cc3ccc(CC(=O)O)cc3)cc2)c1NC(=O)OCCc1ccccc1F. The van der Waals surface area contributed by atoms with E-state index in [0.717, 1.165) is 22.3 Å². The number of nitrogens with zero attached hydrogens (tertiary/aromatic N) is 1.